The fourth-order valence-electron chi connectivity index (χ4n) is 3.93. The lowest BCUT2D eigenvalue weighted by molar-refractivity contribution is 0.261. The number of benzene rings is 1. The quantitative estimate of drug-likeness (QED) is 0.339. The molecule has 0 spiro atoms. The van der Waals surface area contributed by atoms with Crippen molar-refractivity contribution in [2.45, 2.75) is 46.6 Å². The molecule has 36 heavy (non-hydrogen) atoms. The number of amides is 2. The molecule has 0 fully saturated rings. The van der Waals surface area contributed by atoms with Gasteiger partial charge in [-0.2, -0.15) is 0 Å². The molecule has 1 aromatic carbocycles. The average molecular weight is 493 g/mol. The number of hydrogen-bond donors (Lipinski definition) is 3. The lowest BCUT2D eigenvalue weighted by Crippen LogP contribution is -2.22. The van der Waals surface area contributed by atoms with Crippen LogP contribution in [0.5, 0.6) is 0 Å². The van der Waals surface area contributed by atoms with Crippen LogP contribution in [-0.2, 0) is 12.0 Å². The van der Waals surface area contributed by atoms with Gasteiger partial charge in [-0.3, -0.25) is 10.1 Å². The second kappa shape index (κ2) is 9.44. The number of aryl methyl sites for hydroxylation is 2. The van der Waals surface area contributed by atoms with Crippen LogP contribution in [-0.4, -0.2) is 27.8 Å². The summed E-state index contributed by atoms with van der Waals surface area (Å²) in [7, 11) is 1.76. The fraction of sp³-hybridized carbons (Fsp3) is 0.308. The Morgan fingerprint density at radius 3 is 2.47 bits per heavy atom. The lowest BCUT2D eigenvalue weighted by Gasteiger charge is -2.15. The van der Waals surface area contributed by atoms with Crippen molar-refractivity contribution in [1.82, 2.24) is 14.7 Å². The van der Waals surface area contributed by atoms with E-state index in [4.69, 9.17) is 4.52 Å². The van der Waals surface area contributed by atoms with Gasteiger partial charge in [-0.1, -0.05) is 25.9 Å². The highest BCUT2D eigenvalue weighted by molar-refractivity contribution is 6.00. The van der Waals surface area contributed by atoms with Crippen molar-refractivity contribution in [3.63, 3.8) is 0 Å². The SMILES string of the molecule is CCn1c(=O)c(-c2cc(NC(=O)Nc3cc(C(C)(C)C)on3)c(F)cc2C)cc2cnc(NC)cc21. The molecule has 0 atom stereocenters. The molecular weight excluding hydrogens is 463 g/mol. The maximum atomic E-state index is 14.8. The molecule has 2 amide bonds. The number of pyridine rings is 2. The third kappa shape index (κ3) is 4.79. The minimum absolute atomic E-state index is 0.0705. The van der Waals surface area contributed by atoms with E-state index in [1.807, 2.05) is 33.8 Å². The van der Waals surface area contributed by atoms with E-state index < -0.39 is 11.8 Å². The largest absolute Gasteiger partial charge is 0.373 e. The Morgan fingerprint density at radius 1 is 1.08 bits per heavy atom. The van der Waals surface area contributed by atoms with Gasteiger partial charge in [0.25, 0.3) is 5.56 Å². The number of fused-ring (bicyclic) bond motifs is 1. The first-order chi connectivity index (χ1) is 17.0. The summed E-state index contributed by atoms with van der Waals surface area (Å²) < 4.78 is 21.7. The van der Waals surface area contributed by atoms with Gasteiger partial charge in [-0.15, -0.1) is 0 Å². The number of anilines is 3. The zero-order chi connectivity index (χ0) is 26.2. The Bertz CT molecular complexity index is 1520. The number of rotatable bonds is 5. The smallest absolute Gasteiger partial charge is 0.325 e. The van der Waals surface area contributed by atoms with Crippen molar-refractivity contribution >= 4 is 34.3 Å². The van der Waals surface area contributed by atoms with Crippen LogP contribution in [0, 0.1) is 12.7 Å². The van der Waals surface area contributed by atoms with Crippen LogP contribution in [0.15, 0.2) is 45.8 Å². The predicted molar refractivity (Wildman–Crippen MR) is 139 cm³/mol. The topological polar surface area (TPSA) is 114 Å². The normalized spacial score (nSPS) is 11.5. The maximum absolute atomic E-state index is 14.8. The highest BCUT2D eigenvalue weighted by atomic mass is 19.1. The first-order valence-electron chi connectivity index (χ1n) is 11.6. The number of carbonyl (C=O) groups is 1. The van der Waals surface area contributed by atoms with E-state index in [0.717, 1.165) is 10.9 Å². The average Bonchev–Trinajstić information content (AvgIpc) is 3.29. The number of urea groups is 1. The molecule has 0 bridgehead atoms. The molecule has 0 radical (unpaired) electrons. The zero-order valence-corrected chi connectivity index (χ0v) is 21.1. The van der Waals surface area contributed by atoms with E-state index in [0.29, 0.717) is 34.8 Å². The molecule has 0 unspecified atom stereocenters. The number of nitrogens with zero attached hydrogens (tertiary/aromatic N) is 3. The van der Waals surface area contributed by atoms with Gasteiger partial charge in [-0.25, -0.2) is 14.2 Å². The van der Waals surface area contributed by atoms with Crippen molar-refractivity contribution in [2.75, 3.05) is 23.0 Å². The molecule has 188 valence electrons. The van der Waals surface area contributed by atoms with Gasteiger partial charge in [0.2, 0.25) is 0 Å². The molecule has 4 aromatic rings. The fourth-order valence-corrected chi connectivity index (χ4v) is 3.93. The Kier molecular flexibility index (Phi) is 6.53. The molecule has 9 nitrogen and oxygen atoms in total. The summed E-state index contributed by atoms with van der Waals surface area (Å²) >= 11 is 0. The highest BCUT2D eigenvalue weighted by Crippen LogP contribution is 2.30. The highest BCUT2D eigenvalue weighted by Gasteiger charge is 2.21. The number of hydrogen-bond acceptors (Lipinski definition) is 6. The predicted octanol–water partition coefficient (Wildman–Crippen LogP) is 5.50. The number of carbonyl (C=O) groups excluding carboxylic acids is 1. The standard InChI is InChI=1S/C26H29FN6O3/c1-7-33-20-11-22(28-6)29-13-15(20)9-17(24(33)34)16-10-19(18(27)8-14(16)2)30-25(35)31-23-12-21(36-32-23)26(3,4)5/h8-13H,7H2,1-6H3,(H,28,29)(H2,30,31,32,35). The number of halogens is 1. The summed E-state index contributed by atoms with van der Waals surface area (Å²) in [5.74, 6) is 0.827. The molecule has 3 heterocycles. The summed E-state index contributed by atoms with van der Waals surface area (Å²) in [6.07, 6.45) is 1.69. The van der Waals surface area contributed by atoms with Gasteiger partial charge < -0.3 is 19.7 Å². The van der Waals surface area contributed by atoms with Crippen LogP contribution in [0.25, 0.3) is 22.0 Å². The van der Waals surface area contributed by atoms with Crippen LogP contribution in [0.1, 0.15) is 39.0 Å². The second-order valence-electron chi connectivity index (χ2n) is 9.54. The van der Waals surface area contributed by atoms with Gasteiger partial charge >= 0.3 is 6.03 Å². The Morgan fingerprint density at radius 2 is 1.83 bits per heavy atom. The van der Waals surface area contributed by atoms with E-state index in [-0.39, 0.29) is 22.5 Å². The van der Waals surface area contributed by atoms with Gasteiger partial charge in [-0.05, 0) is 43.2 Å². The van der Waals surface area contributed by atoms with Crippen molar-refractivity contribution in [3.05, 3.63) is 64.0 Å². The summed E-state index contributed by atoms with van der Waals surface area (Å²) in [4.78, 5) is 30.3. The second-order valence-corrected chi connectivity index (χ2v) is 9.54. The molecular formula is C26H29FN6O3. The van der Waals surface area contributed by atoms with E-state index in [2.05, 4.69) is 26.1 Å². The number of aromatic nitrogens is 3. The van der Waals surface area contributed by atoms with Crippen LogP contribution < -0.4 is 21.5 Å². The van der Waals surface area contributed by atoms with Crippen molar-refractivity contribution < 1.29 is 13.7 Å². The molecule has 3 aromatic heterocycles. The lowest BCUT2D eigenvalue weighted by atomic mass is 9.93. The third-order valence-corrected chi connectivity index (χ3v) is 5.89. The van der Waals surface area contributed by atoms with Crippen LogP contribution in [0.4, 0.5) is 26.5 Å². The molecule has 0 aliphatic heterocycles. The van der Waals surface area contributed by atoms with Crippen molar-refractivity contribution in [3.8, 4) is 11.1 Å². The number of nitrogens with one attached hydrogen (secondary N) is 3. The molecule has 10 heteroatoms. The molecule has 0 aliphatic rings. The molecule has 0 aliphatic carbocycles. The summed E-state index contributed by atoms with van der Waals surface area (Å²) in [6.45, 7) is 9.90. The van der Waals surface area contributed by atoms with E-state index >= 15 is 0 Å². The Hall–Kier alpha value is -4.21. The monoisotopic (exact) mass is 492 g/mol. The third-order valence-electron chi connectivity index (χ3n) is 5.89. The minimum Gasteiger partial charge on any atom is -0.373 e. The van der Waals surface area contributed by atoms with Crippen molar-refractivity contribution in [1.29, 1.82) is 0 Å². The molecule has 0 saturated carbocycles. The first kappa shape index (κ1) is 24.9. The van der Waals surface area contributed by atoms with E-state index in [1.54, 1.807) is 36.9 Å². The van der Waals surface area contributed by atoms with Gasteiger partial charge in [0, 0.05) is 48.3 Å². The molecule has 4 rings (SSSR count). The Labute approximate surface area is 207 Å². The summed E-state index contributed by atoms with van der Waals surface area (Å²) in [5, 5.41) is 12.6. The van der Waals surface area contributed by atoms with Crippen LogP contribution in [0.3, 0.4) is 0 Å². The van der Waals surface area contributed by atoms with E-state index in [1.165, 1.54) is 12.1 Å². The Balaban J connectivity index is 1.70. The van der Waals surface area contributed by atoms with Gasteiger partial charge in [0.1, 0.15) is 17.4 Å². The summed E-state index contributed by atoms with van der Waals surface area (Å²) in [6, 6.07) is 7.24. The zero-order valence-electron chi connectivity index (χ0n) is 21.1. The minimum atomic E-state index is -0.689. The molecule has 0 saturated heterocycles. The van der Waals surface area contributed by atoms with E-state index in [9.17, 15) is 14.0 Å². The van der Waals surface area contributed by atoms with Crippen LogP contribution in [0.2, 0.25) is 0 Å². The van der Waals surface area contributed by atoms with Crippen LogP contribution >= 0.6 is 0 Å². The summed E-state index contributed by atoms with van der Waals surface area (Å²) in [5.41, 5.74) is 1.62. The van der Waals surface area contributed by atoms with Gasteiger partial charge in [0.05, 0.1) is 11.2 Å². The maximum Gasteiger partial charge on any atom is 0.325 e. The van der Waals surface area contributed by atoms with Gasteiger partial charge in [0.15, 0.2) is 5.82 Å². The molecule has 3 N–H and O–H groups in total. The van der Waals surface area contributed by atoms with Crippen molar-refractivity contribution in [2.24, 2.45) is 0 Å². The first-order valence-corrected chi connectivity index (χ1v) is 11.6.